The zero-order valence-corrected chi connectivity index (χ0v) is 8.93. The number of nitrogens with two attached hydrogens (primary N) is 1. The van der Waals surface area contributed by atoms with E-state index < -0.39 is 0 Å². The van der Waals surface area contributed by atoms with Crippen LogP contribution in [0.2, 0.25) is 0 Å². The lowest BCUT2D eigenvalue weighted by atomic mass is 10.3. The number of nitrogens with one attached hydrogen (secondary N) is 1. The lowest BCUT2D eigenvalue weighted by molar-refractivity contribution is 0.340. The maximum atomic E-state index is 11.1. The minimum absolute atomic E-state index is 0.216. The topological polar surface area (TPSA) is 73.0 Å². The van der Waals surface area contributed by atoms with Crippen molar-refractivity contribution in [2.24, 2.45) is 0 Å². The van der Waals surface area contributed by atoms with E-state index in [2.05, 4.69) is 5.10 Å². The molecule has 1 heterocycles. The summed E-state index contributed by atoms with van der Waals surface area (Å²) in [6.45, 7) is 2.55. The van der Waals surface area contributed by atoms with E-state index in [4.69, 9.17) is 10.5 Å². The second kappa shape index (κ2) is 4.14. The molecular formula is C11H13N3O2. The fourth-order valence-electron chi connectivity index (χ4n) is 1.48. The van der Waals surface area contributed by atoms with Crippen LogP contribution in [-0.2, 0) is 0 Å². The number of aromatic amines is 1. The van der Waals surface area contributed by atoms with E-state index in [9.17, 15) is 4.79 Å². The maximum Gasteiger partial charge on any atom is 0.266 e. The molecule has 0 amide bonds. The predicted octanol–water partition coefficient (Wildman–Crippen LogP) is 1.15. The van der Waals surface area contributed by atoms with Crippen LogP contribution >= 0.6 is 0 Å². The molecule has 2 aromatic rings. The molecule has 5 nitrogen and oxygen atoms in total. The Morgan fingerprint density at radius 2 is 2.06 bits per heavy atom. The van der Waals surface area contributed by atoms with E-state index in [0.717, 1.165) is 11.4 Å². The van der Waals surface area contributed by atoms with E-state index in [1.165, 1.54) is 10.7 Å². The largest absolute Gasteiger partial charge is 0.494 e. The molecule has 16 heavy (non-hydrogen) atoms. The number of nitrogens with zero attached hydrogens (tertiary/aromatic N) is 1. The number of aromatic nitrogens is 2. The van der Waals surface area contributed by atoms with Crippen molar-refractivity contribution in [3.8, 4) is 11.4 Å². The third-order valence-electron chi connectivity index (χ3n) is 2.17. The molecule has 0 aliphatic carbocycles. The number of hydrogen-bond acceptors (Lipinski definition) is 3. The van der Waals surface area contributed by atoms with E-state index >= 15 is 0 Å². The average Bonchev–Trinajstić information content (AvgIpc) is 2.59. The van der Waals surface area contributed by atoms with Gasteiger partial charge in [-0.3, -0.25) is 9.89 Å². The summed E-state index contributed by atoms with van der Waals surface area (Å²) in [6, 6.07) is 8.66. The highest BCUT2D eigenvalue weighted by Crippen LogP contribution is 2.16. The van der Waals surface area contributed by atoms with Gasteiger partial charge in [0.25, 0.3) is 5.56 Å². The molecule has 0 fully saturated rings. The Labute approximate surface area is 92.4 Å². The van der Waals surface area contributed by atoms with Gasteiger partial charge in [0.1, 0.15) is 11.6 Å². The molecule has 84 valence electrons. The van der Waals surface area contributed by atoms with Crippen LogP contribution in [0.5, 0.6) is 5.75 Å². The average molecular weight is 219 g/mol. The first-order valence-electron chi connectivity index (χ1n) is 5.01. The zero-order chi connectivity index (χ0) is 11.5. The number of anilines is 1. The molecular weight excluding hydrogens is 206 g/mol. The van der Waals surface area contributed by atoms with E-state index in [1.54, 1.807) is 0 Å². The van der Waals surface area contributed by atoms with E-state index in [1.807, 2.05) is 31.2 Å². The van der Waals surface area contributed by atoms with Crippen molar-refractivity contribution in [1.82, 2.24) is 9.78 Å². The quantitative estimate of drug-likeness (QED) is 0.813. The number of nitrogen functional groups attached to an aromatic ring is 1. The number of rotatable bonds is 3. The minimum Gasteiger partial charge on any atom is -0.494 e. The van der Waals surface area contributed by atoms with Crippen LogP contribution < -0.4 is 16.0 Å². The summed E-state index contributed by atoms with van der Waals surface area (Å²) >= 11 is 0. The Bertz CT molecular complexity index is 525. The molecule has 0 aliphatic rings. The Balaban J connectivity index is 2.34. The molecule has 0 saturated carbocycles. The molecule has 0 unspecified atom stereocenters. The number of benzene rings is 1. The summed E-state index contributed by atoms with van der Waals surface area (Å²) in [7, 11) is 0. The lowest BCUT2D eigenvalue weighted by Gasteiger charge is -2.06. The van der Waals surface area contributed by atoms with Crippen molar-refractivity contribution in [1.29, 1.82) is 0 Å². The molecule has 0 spiro atoms. The highest BCUT2D eigenvalue weighted by Gasteiger charge is 2.02. The van der Waals surface area contributed by atoms with Crippen molar-refractivity contribution in [2.45, 2.75) is 6.92 Å². The first-order valence-corrected chi connectivity index (χ1v) is 5.01. The van der Waals surface area contributed by atoms with Gasteiger partial charge in [-0.1, -0.05) is 0 Å². The highest BCUT2D eigenvalue weighted by molar-refractivity contribution is 5.43. The van der Waals surface area contributed by atoms with Crippen LogP contribution in [0.25, 0.3) is 5.69 Å². The minimum atomic E-state index is -0.216. The summed E-state index contributed by atoms with van der Waals surface area (Å²) in [4.78, 5) is 11.1. The van der Waals surface area contributed by atoms with Gasteiger partial charge >= 0.3 is 0 Å². The molecule has 5 heteroatoms. The van der Waals surface area contributed by atoms with Gasteiger partial charge in [-0.2, -0.15) is 0 Å². The van der Waals surface area contributed by atoms with Gasteiger partial charge in [-0.05, 0) is 31.2 Å². The van der Waals surface area contributed by atoms with E-state index in [-0.39, 0.29) is 5.56 Å². The molecule has 1 aromatic carbocycles. The van der Waals surface area contributed by atoms with E-state index in [0.29, 0.717) is 12.4 Å². The Kier molecular flexibility index (Phi) is 2.68. The van der Waals surface area contributed by atoms with Crippen LogP contribution in [0.3, 0.4) is 0 Å². The normalized spacial score (nSPS) is 10.3. The second-order valence-electron chi connectivity index (χ2n) is 3.31. The Hall–Kier alpha value is -2.17. The van der Waals surface area contributed by atoms with Crippen LogP contribution in [0.4, 0.5) is 5.82 Å². The summed E-state index contributed by atoms with van der Waals surface area (Å²) in [6.07, 6.45) is 0. The van der Waals surface area contributed by atoms with Gasteiger partial charge in [0.05, 0.1) is 12.3 Å². The number of ether oxygens (including phenoxy) is 1. The number of hydrogen-bond donors (Lipinski definition) is 2. The zero-order valence-electron chi connectivity index (χ0n) is 8.93. The summed E-state index contributed by atoms with van der Waals surface area (Å²) in [5, 5.41) is 2.61. The maximum absolute atomic E-state index is 11.1. The smallest absolute Gasteiger partial charge is 0.266 e. The first-order chi connectivity index (χ1) is 7.70. The second-order valence-corrected chi connectivity index (χ2v) is 3.31. The fraction of sp³-hybridized carbons (Fsp3) is 0.182. The lowest BCUT2D eigenvalue weighted by Crippen LogP contribution is -2.05. The first kappa shape index (κ1) is 10.4. The van der Waals surface area contributed by atoms with Crippen LogP contribution in [0, 0.1) is 0 Å². The molecule has 0 aliphatic heterocycles. The van der Waals surface area contributed by atoms with Crippen molar-refractivity contribution in [2.75, 3.05) is 12.3 Å². The highest BCUT2D eigenvalue weighted by atomic mass is 16.5. The third kappa shape index (κ3) is 1.93. The summed E-state index contributed by atoms with van der Waals surface area (Å²) < 4.78 is 6.85. The van der Waals surface area contributed by atoms with Crippen LogP contribution in [0.15, 0.2) is 35.1 Å². The molecule has 1 aromatic heterocycles. The molecule has 0 radical (unpaired) electrons. The van der Waals surface area contributed by atoms with Gasteiger partial charge in [-0.15, -0.1) is 0 Å². The van der Waals surface area contributed by atoms with Crippen LogP contribution in [0.1, 0.15) is 6.92 Å². The van der Waals surface area contributed by atoms with Crippen molar-refractivity contribution in [3.63, 3.8) is 0 Å². The Morgan fingerprint density at radius 1 is 1.38 bits per heavy atom. The fourth-order valence-corrected chi connectivity index (χ4v) is 1.48. The number of H-pyrrole nitrogens is 1. The monoisotopic (exact) mass is 219 g/mol. The van der Waals surface area contributed by atoms with Crippen LogP contribution in [-0.4, -0.2) is 16.4 Å². The summed E-state index contributed by atoms with van der Waals surface area (Å²) in [5.41, 5.74) is 6.25. The van der Waals surface area contributed by atoms with Gasteiger partial charge in [0, 0.05) is 6.07 Å². The standard InChI is InChI=1S/C11H13N3O2/c1-2-16-9-5-3-8(4-6-9)14-10(12)7-11(15)13-14/h3-7H,2,12H2,1H3,(H,13,15). The molecule has 0 bridgehead atoms. The van der Waals surface area contributed by atoms with Gasteiger partial charge < -0.3 is 10.5 Å². The van der Waals surface area contributed by atoms with Crippen molar-refractivity contribution >= 4 is 5.82 Å². The SMILES string of the molecule is CCOc1ccc(-n2[nH]c(=O)cc2N)cc1. The predicted molar refractivity (Wildman–Crippen MR) is 62.0 cm³/mol. The van der Waals surface area contributed by atoms with Crippen molar-refractivity contribution in [3.05, 3.63) is 40.7 Å². The molecule has 0 atom stereocenters. The summed E-state index contributed by atoms with van der Waals surface area (Å²) in [5.74, 6) is 1.17. The molecule has 2 rings (SSSR count). The third-order valence-corrected chi connectivity index (χ3v) is 2.17. The van der Waals surface area contributed by atoms with Gasteiger partial charge in [0.2, 0.25) is 0 Å². The van der Waals surface area contributed by atoms with Crippen molar-refractivity contribution < 1.29 is 4.74 Å². The molecule has 0 saturated heterocycles. The Morgan fingerprint density at radius 3 is 2.56 bits per heavy atom. The van der Waals surface area contributed by atoms with Gasteiger partial charge in [-0.25, -0.2) is 4.68 Å². The molecule has 3 N–H and O–H groups in total. The van der Waals surface area contributed by atoms with Gasteiger partial charge in [0.15, 0.2) is 0 Å².